The summed E-state index contributed by atoms with van der Waals surface area (Å²) in [6, 6.07) is 9.84. The zero-order valence-corrected chi connectivity index (χ0v) is 18.0. The van der Waals surface area contributed by atoms with Crippen LogP contribution >= 0.6 is 11.3 Å². The predicted molar refractivity (Wildman–Crippen MR) is 117 cm³/mol. The summed E-state index contributed by atoms with van der Waals surface area (Å²) in [6.07, 6.45) is 0. The molecule has 30 heavy (non-hydrogen) atoms. The maximum atomic E-state index is 12.8. The van der Waals surface area contributed by atoms with Crippen molar-refractivity contribution in [2.24, 2.45) is 0 Å². The number of carbonyl (C=O) groups excluding carboxylic acids is 3. The van der Waals surface area contributed by atoms with Crippen LogP contribution in [0.25, 0.3) is 11.3 Å². The van der Waals surface area contributed by atoms with E-state index in [4.69, 9.17) is 0 Å². The minimum atomic E-state index is -0.951. The highest BCUT2D eigenvalue weighted by molar-refractivity contribution is 7.14. The Morgan fingerprint density at radius 3 is 2.17 bits per heavy atom. The average Bonchev–Trinajstić information content (AvgIpc) is 3.24. The molecule has 3 aromatic rings. The Morgan fingerprint density at radius 2 is 1.60 bits per heavy atom. The van der Waals surface area contributed by atoms with Crippen molar-refractivity contribution in [2.75, 3.05) is 5.32 Å². The molecule has 1 aliphatic heterocycles. The smallest absolute Gasteiger partial charge is 0.262 e. The normalized spacial score (nSPS) is 14.1. The summed E-state index contributed by atoms with van der Waals surface area (Å²) >= 11 is 1.31. The molecule has 0 aliphatic carbocycles. The third kappa shape index (κ3) is 3.31. The molecule has 0 bridgehead atoms. The Labute approximate surface area is 178 Å². The van der Waals surface area contributed by atoms with Crippen LogP contribution in [0.2, 0.25) is 0 Å². The summed E-state index contributed by atoms with van der Waals surface area (Å²) in [5, 5.41) is 5.07. The lowest BCUT2D eigenvalue weighted by Crippen LogP contribution is -2.45. The van der Waals surface area contributed by atoms with Gasteiger partial charge in [0.25, 0.3) is 11.8 Å². The standard InChI is InChI=1S/C23H21N3O3S/c1-12-9-13(2)19(14(3)10-12)18-11-30-23(24-18)25-20(27)15(4)26-21(28)16-7-5-6-8-17(16)22(26)29/h5-11,15H,1-4H3,(H,24,25,27)/t15-/m1/s1. The maximum absolute atomic E-state index is 12.8. The zero-order chi connectivity index (χ0) is 21.6. The topological polar surface area (TPSA) is 79.4 Å². The number of hydrogen-bond donors (Lipinski definition) is 1. The highest BCUT2D eigenvalue weighted by atomic mass is 32.1. The number of thiazole rings is 1. The van der Waals surface area contributed by atoms with Crippen molar-refractivity contribution in [2.45, 2.75) is 33.7 Å². The Hall–Kier alpha value is -3.32. The largest absolute Gasteiger partial charge is 0.300 e. The minimum absolute atomic E-state index is 0.323. The van der Waals surface area contributed by atoms with E-state index in [-0.39, 0.29) is 0 Å². The lowest BCUT2D eigenvalue weighted by atomic mass is 9.98. The summed E-state index contributed by atoms with van der Waals surface area (Å²) in [6.45, 7) is 7.67. The fourth-order valence-corrected chi connectivity index (χ4v) is 4.62. The van der Waals surface area contributed by atoms with Gasteiger partial charge in [-0.3, -0.25) is 19.3 Å². The molecule has 0 saturated carbocycles. The highest BCUT2D eigenvalue weighted by Gasteiger charge is 2.40. The molecular formula is C23H21N3O3S. The lowest BCUT2D eigenvalue weighted by Gasteiger charge is -2.21. The van der Waals surface area contributed by atoms with Crippen LogP contribution in [0.5, 0.6) is 0 Å². The van der Waals surface area contributed by atoms with E-state index >= 15 is 0 Å². The number of carbonyl (C=O) groups is 3. The van der Waals surface area contributed by atoms with Gasteiger partial charge < -0.3 is 5.32 Å². The average molecular weight is 420 g/mol. The first-order valence-electron chi connectivity index (χ1n) is 9.59. The van der Waals surface area contributed by atoms with E-state index in [2.05, 4.69) is 29.4 Å². The Kier molecular flexibility index (Phi) is 4.99. The molecule has 1 aliphatic rings. The van der Waals surface area contributed by atoms with E-state index in [1.165, 1.54) is 16.9 Å². The van der Waals surface area contributed by atoms with Crippen LogP contribution in [-0.2, 0) is 4.79 Å². The summed E-state index contributed by atoms with van der Waals surface area (Å²) in [5.74, 6) is -1.37. The SMILES string of the molecule is Cc1cc(C)c(-c2csc(NC(=O)[C@@H](C)N3C(=O)c4ccccc4C3=O)n2)c(C)c1. The number of fused-ring (bicyclic) bond motifs is 1. The van der Waals surface area contributed by atoms with Crippen LogP contribution in [0, 0.1) is 20.8 Å². The molecule has 0 fully saturated rings. The Balaban J connectivity index is 1.53. The van der Waals surface area contributed by atoms with E-state index in [1.807, 2.05) is 19.2 Å². The van der Waals surface area contributed by atoms with Crippen molar-refractivity contribution < 1.29 is 14.4 Å². The lowest BCUT2D eigenvalue weighted by molar-refractivity contribution is -0.119. The first kappa shape index (κ1) is 20.0. The predicted octanol–water partition coefficient (Wildman–Crippen LogP) is 4.36. The molecule has 2 heterocycles. The molecule has 0 saturated heterocycles. The van der Waals surface area contributed by atoms with Gasteiger partial charge in [0.15, 0.2) is 5.13 Å². The molecule has 0 spiro atoms. The van der Waals surface area contributed by atoms with E-state index < -0.39 is 23.8 Å². The summed E-state index contributed by atoms with van der Waals surface area (Å²) in [5.41, 5.74) is 5.91. The van der Waals surface area contributed by atoms with Crippen LogP contribution in [-0.4, -0.2) is 33.6 Å². The van der Waals surface area contributed by atoms with Crippen LogP contribution in [0.15, 0.2) is 41.8 Å². The first-order chi connectivity index (χ1) is 14.3. The van der Waals surface area contributed by atoms with Crippen molar-refractivity contribution >= 4 is 34.2 Å². The number of rotatable bonds is 4. The van der Waals surface area contributed by atoms with E-state index in [0.717, 1.165) is 27.3 Å². The molecule has 3 amide bonds. The number of hydrogen-bond acceptors (Lipinski definition) is 5. The van der Waals surface area contributed by atoms with Gasteiger partial charge in [-0.05, 0) is 51.0 Å². The van der Waals surface area contributed by atoms with Gasteiger partial charge in [0.2, 0.25) is 5.91 Å². The zero-order valence-electron chi connectivity index (χ0n) is 17.1. The fraction of sp³-hybridized carbons (Fsp3) is 0.217. The van der Waals surface area contributed by atoms with Gasteiger partial charge in [0, 0.05) is 10.9 Å². The van der Waals surface area contributed by atoms with Crippen LogP contribution in [0.1, 0.15) is 44.3 Å². The molecule has 7 heteroatoms. The number of nitrogens with zero attached hydrogens (tertiary/aromatic N) is 2. The second-order valence-electron chi connectivity index (χ2n) is 7.50. The van der Waals surface area contributed by atoms with E-state index in [9.17, 15) is 14.4 Å². The summed E-state index contributed by atoms with van der Waals surface area (Å²) in [7, 11) is 0. The third-order valence-corrected chi connectivity index (χ3v) is 6.02. The molecule has 2 aromatic carbocycles. The third-order valence-electron chi connectivity index (χ3n) is 5.26. The molecule has 0 unspecified atom stereocenters. The molecule has 4 rings (SSSR count). The van der Waals surface area contributed by atoms with E-state index in [0.29, 0.717) is 16.3 Å². The molecular weight excluding hydrogens is 398 g/mol. The number of imide groups is 1. The van der Waals surface area contributed by atoms with Gasteiger partial charge in [-0.25, -0.2) is 4.98 Å². The monoisotopic (exact) mass is 419 g/mol. The minimum Gasteiger partial charge on any atom is -0.300 e. The Morgan fingerprint density at radius 1 is 1.03 bits per heavy atom. The fourth-order valence-electron chi connectivity index (χ4n) is 3.92. The van der Waals surface area contributed by atoms with Gasteiger partial charge in [0.1, 0.15) is 6.04 Å². The second-order valence-corrected chi connectivity index (χ2v) is 8.36. The number of benzene rings is 2. The molecule has 1 aromatic heterocycles. The van der Waals surface area contributed by atoms with Crippen molar-refractivity contribution in [3.8, 4) is 11.3 Å². The van der Waals surface area contributed by atoms with Crippen molar-refractivity contribution in [3.05, 3.63) is 69.6 Å². The number of amides is 3. The van der Waals surface area contributed by atoms with Crippen LogP contribution in [0.4, 0.5) is 5.13 Å². The number of nitrogens with one attached hydrogen (secondary N) is 1. The number of aromatic nitrogens is 1. The van der Waals surface area contributed by atoms with Crippen LogP contribution in [0.3, 0.4) is 0 Å². The van der Waals surface area contributed by atoms with Gasteiger partial charge in [-0.1, -0.05) is 29.8 Å². The molecule has 1 N–H and O–H groups in total. The van der Waals surface area contributed by atoms with Crippen LogP contribution < -0.4 is 5.32 Å². The van der Waals surface area contributed by atoms with Crippen molar-refractivity contribution in [1.82, 2.24) is 9.88 Å². The number of anilines is 1. The van der Waals surface area contributed by atoms with Crippen molar-refractivity contribution in [1.29, 1.82) is 0 Å². The van der Waals surface area contributed by atoms with Crippen molar-refractivity contribution in [3.63, 3.8) is 0 Å². The first-order valence-corrected chi connectivity index (χ1v) is 10.5. The molecule has 0 radical (unpaired) electrons. The van der Waals surface area contributed by atoms with Gasteiger partial charge in [-0.2, -0.15) is 0 Å². The summed E-state index contributed by atoms with van der Waals surface area (Å²) in [4.78, 5) is 43.6. The number of aryl methyl sites for hydroxylation is 3. The highest BCUT2D eigenvalue weighted by Crippen LogP contribution is 2.31. The Bertz CT molecular complexity index is 1140. The summed E-state index contributed by atoms with van der Waals surface area (Å²) < 4.78 is 0. The molecule has 152 valence electrons. The molecule has 6 nitrogen and oxygen atoms in total. The quantitative estimate of drug-likeness (QED) is 0.638. The van der Waals surface area contributed by atoms with Gasteiger partial charge in [0.05, 0.1) is 16.8 Å². The maximum Gasteiger partial charge on any atom is 0.262 e. The van der Waals surface area contributed by atoms with Gasteiger partial charge >= 0.3 is 0 Å². The van der Waals surface area contributed by atoms with Gasteiger partial charge in [-0.15, -0.1) is 11.3 Å². The second kappa shape index (κ2) is 7.50. The molecule has 1 atom stereocenters. The van der Waals surface area contributed by atoms with E-state index in [1.54, 1.807) is 31.2 Å².